The number of likely N-dealkylation sites (tertiary alicyclic amines) is 1. The second-order valence-electron chi connectivity index (χ2n) is 6.64. The van der Waals surface area contributed by atoms with Gasteiger partial charge in [-0.05, 0) is 42.5 Å². The van der Waals surface area contributed by atoms with Crippen molar-refractivity contribution in [1.82, 2.24) is 4.90 Å². The summed E-state index contributed by atoms with van der Waals surface area (Å²) in [6.07, 6.45) is 1.40. The lowest BCUT2D eigenvalue weighted by molar-refractivity contribution is 0.243. The van der Waals surface area contributed by atoms with Gasteiger partial charge in [-0.15, -0.1) is 12.4 Å². The van der Waals surface area contributed by atoms with E-state index >= 15 is 0 Å². The van der Waals surface area contributed by atoms with Gasteiger partial charge in [-0.2, -0.15) is 0 Å². The highest BCUT2D eigenvalue weighted by Crippen LogP contribution is 2.59. The highest BCUT2D eigenvalue weighted by atomic mass is 35.5. The maximum Gasteiger partial charge on any atom is 0.0125 e. The summed E-state index contributed by atoms with van der Waals surface area (Å²) < 4.78 is 0. The third kappa shape index (κ3) is 1.96. The van der Waals surface area contributed by atoms with Crippen LogP contribution in [0.3, 0.4) is 0 Å². The van der Waals surface area contributed by atoms with Crippen molar-refractivity contribution in [3.05, 3.63) is 48.0 Å². The second-order valence-corrected chi connectivity index (χ2v) is 6.64. The van der Waals surface area contributed by atoms with Crippen LogP contribution in [0.2, 0.25) is 0 Å². The van der Waals surface area contributed by atoms with Gasteiger partial charge in [0.1, 0.15) is 0 Å². The van der Waals surface area contributed by atoms with Crippen LogP contribution in [0.25, 0.3) is 10.8 Å². The third-order valence-corrected chi connectivity index (χ3v) is 5.23. The quantitative estimate of drug-likeness (QED) is 0.798. The first kappa shape index (κ1) is 13.9. The molecule has 0 bridgehead atoms. The molecule has 1 saturated heterocycles. The topological polar surface area (TPSA) is 3.24 Å². The smallest absolute Gasteiger partial charge is 0.0125 e. The van der Waals surface area contributed by atoms with Crippen LogP contribution >= 0.6 is 12.4 Å². The number of rotatable bonds is 2. The number of fused-ring (bicyclic) bond motifs is 2. The Bertz CT molecular complexity index is 636. The van der Waals surface area contributed by atoms with E-state index in [1.54, 1.807) is 5.56 Å². The Morgan fingerprint density at radius 3 is 2.55 bits per heavy atom. The van der Waals surface area contributed by atoms with Gasteiger partial charge >= 0.3 is 0 Å². The molecule has 1 aliphatic heterocycles. The van der Waals surface area contributed by atoms with Crippen molar-refractivity contribution in [2.45, 2.75) is 31.7 Å². The van der Waals surface area contributed by atoms with Crippen LogP contribution in [0, 0.1) is 5.92 Å². The van der Waals surface area contributed by atoms with E-state index in [2.05, 4.69) is 61.2 Å². The number of hydrogen-bond donors (Lipinski definition) is 0. The molecule has 2 heteroatoms. The molecule has 1 aliphatic carbocycles. The number of nitrogens with zero attached hydrogens (tertiary/aromatic N) is 1. The van der Waals surface area contributed by atoms with Gasteiger partial charge in [0.2, 0.25) is 0 Å². The molecule has 0 N–H and O–H groups in total. The zero-order valence-electron chi connectivity index (χ0n) is 12.2. The minimum absolute atomic E-state index is 0. The highest BCUT2D eigenvalue weighted by Gasteiger charge is 2.60. The predicted octanol–water partition coefficient (Wildman–Crippen LogP) is 4.24. The Labute approximate surface area is 127 Å². The van der Waals surface area contributed by atoms with E-state index in [0.29, 0.717) is 11.5 Å². The van der Waals surface area contributed by atoms with Crippen molar-refractivity contribution in [3.8, 4) is 0 Å². The van der Waals surface area contributed by atoms with Gasteiger partial charge in [0.15, 0.2) is 0 Å². The molecule has 0 spiro atoms. The van der Waals surface area contributed by atoms with Gasteiger partial charge in [-0.25, -0.2) is 0 Å². The summed E-state index contributed by atoms with van der Waals surface area (Å²) in [5.74, 6) is 0.899. The van der Waals surface area contributed by atoms with Gasteiger partial charge in [-0.3, -0.25) is 4.90 Å². The molecule has 20 heavy (non-hydrogen) atoms. The van der Waals surface area contributed by atoms with Gasteiger partial charge in [0.25, 0.3) is 0 Å². The predicted molar refractivity (Wildman–Crippen MR) is 87.7 cm³/mol. The van der Waals surface area contributed by atoms with E-state index in [-0.39, 0.29) is 12.4 Å². The lowest BCUT2D eigenvalue weighted by Crippen LogP contribution is -2.32. The number of halogens is 1. The average molecular weight is 288 g/mol. The summed E-state index contributed by atoms with van der Waals surface area (Å²) in [7, 11) is 0. The monoisotopic (exact) mass is 287 g/mol. The van der Waals surface area contributed by atoms with Crippen LogP contribution in [-0.2, 0) is 5.41 Å². The third-order valence-electron chi connectivity index (χ3n) is 5.23. The summed E-state index contributed by atoms with van der Waals surface area (Å²) in [6.45, 7) is 7.19. The van der Waals surface area contributed by atoms with Crippen molar-refractivity contribution < 1.29 is 0 Å². The fraction of sp³-hybridized carbons (Fsp3) is 0.444. The highest BCUT2D eigenvalue weighted by molar-refractivity contribution is 5.85. The van der Waals surface area contributed by atoms with Crippen LogP contribution in [-0.4, -0.2) is 24.0 Å². The van der Waals surface area contributed by atoms with Crippen LogP contribution < -0.4 is 0 Å². The Morgan fingerprint density at radius 2 is 1.85 bits per heavy atom. The maximum absolute atomic E-state index is 2.64. The van der Waals surface area contributed by atoms with E-state index in [0.717, 1.165) is 5.92 Å². The Balaban J connectivity index is 0.00000121. The fourth-order valence-corrected chi connectivity index (χ4v) is 3.86. The lowest BCUT2D eigenvalue weighted by atomic mass is 9.92. The summed E-state index contributed by atoms with van der Waals surface area (Å²) >= 11 is 0. The van der Waals surface area contributed by atoms with Crippen LogP contribution in [0.15, 0.2) is 42.5 Å². The van der Waals surface area contributed by atoms with Gasteiger partial charge in [0, 0.05) is 24.5 Å². The molecule has 0 radical (unpaired) electrons. The SMILES string of the molecule is CC(C)N1CC2CC2(c2ccc3ccccc3c2)C1.Cl. The molecule has 2 aliphatic rings. The molecule has 2 unspecified atom stereocenters. The molecule has 106 valence electrons. The average Bonchev–Trinajstić information content (AvgIpc) is 3.00. The Kier molecular flexibility index (Phi) is 3.30. The lowest BCUT2D eigenvalue weighted by Gasteiger charge is -2.24. The zero-order valence-corrected chi connectivity index (χ0v) is 13.0. The molecule has 2 atom stereocenters. The Morgan fingerprint density at radius 1 is 1.10 bits per heavy atom. The van der Waals surface area contributed by atoms with Crippen LogP contribution in [0.5, 0.6) is 0 Å². The van der Waals surface area contributed by atoms with Crippen molar-refractivity contribution >= 4 is 23.2 Å². The van der Waals surface area contributed by atoms with E-state index in [1.165, 1.54) is 30.3 Å². The molecule has 0 amide bonds. The molecule has 2 aromatic carbocycles. The molecule has 2 aromatic rings. The number of benzene rings is 2. The van der Waals surface area contributed by atoms with Crippen molar-refractivity contribution in [2.75, 3.05) is 13.1 Å². The van der Waals surface area contributed by atoms with Crippen molar-refractivity contribution in [1.29, 1.82) is 0 Å². The van der Waals surface area contributed by atoms with E-state index in [4.69, 9.17) is 0 Å². The van der Waals surface area contributed by atoms with Gasteiger partial charge in [0.05, 0.1) is 0 Å². The number of piperidine rings is 1. The van der Waals surface area contributed by atoms with E-state index in [9.17, 15) is 0 Å². The number of hydrogen-bond acceptors (Lipinski definition) is 1. The molecule has 1 saturated carbocycles. The molecule has 1 nitrogen and oxygen atoms in total. The molecule has 2 fully saturated rings. The standard InChI is InChI=1S/C18H21N.ClH/c1-13(2)19-11-17-10-18(17,12-19)16-8-7-14-5-3-4-6-15(14)9-16;/h3-9,13,17H,10-12H2,1-2H3;1H. The molecule has 1 heterocycles. The minimum atomic E-state index is 0. The normalized spacial score (nSPS) is 28.4. The summed E-state index contributed by atoms with van der Waals surface area (Å²) in [4.78, 5) is 2.64. The second kappa shape index (κ2) is 4.75. The fourth-order valence-electron chi connectivity index (χ4n) is 3.86. The van der Waals surface area contributed by atoms with Crippen molar-refractivity contribution in [3.63, 3.8) is 0 Å². The van der Waals surface area contributed by atoms with E-state index in [1.807, 2.05) is 0 Å². The van der Waals surface area contributed by atoms with Crippen molar-refractivity contribution in [2.24, 2.45) is 5.92 Å². The minimum Gasteiger partial charge on any atom is -0.300 e. The maximum atomic E-state index is 2.64. The summed E-state index contributed by atoms with van der Waals surface area (Å²) in [6, 6.07) is 16.5. The largest absolute Gasteiger partial charge is 0.300 e. The zero-order chi connectivity index (χ0) is 13.0. The van der Waals surface area contributed by atoms with Crippen LogP contribution in [0.1, 0.15) is 25.8 Å². The van der Waals surface area contributed by atoms with E-state index < -0.39 is 0 Å². The molecular formula is C18H22ClN. The molecule has 0 aromatic heterocycles. The van der Waals surface area contributed by atoms with Crippen LogP contribution in [0.4, 0.5) is 0 Å². The first-order valence-electron chi connectivity index (χ1n) is 7.42. The van der Waals surface area contributed by atoms with Gasteiger partial charge < -0.3 is 0 Å². The van der Waals surface area contributed by atoms with Gasteiger partial charge in [-0.1, -0.05) is 42.5 Å². The summed E-state index contributed by atoms with van der Waals surface area (Å²) in [5.41, 5.74) is 2.05. The molecule has 4 rings (SSSR count). The molecular weight excluding hydrogens is 266 g/mol. The Hall–Kier alpha value is -1.05. The summed E-state index contributed by atoms with van der Waals surface area (Å²) in [5, 5.41) is 2.75. The first-order valence-corrected chi connectivity index (χ1v) is 7.42. The first-order chi connectivity index (χ1) is 9.19.